The maximum atomic E-state index is 13.0. The van der Waals surface area contributed by atoms with E-state index in [1.54, 1.807) is 13.8 Å². The molecular weight excluding hydrogens is 402 g/mol. The molecule has 8 nitrogen and oxygen atoms in total. The maximum absolute atomic E-state index is 13.0. The molecule has 9 heteroatoms. The Morgan fingerprint density at radius 3 is 2.43 bits per heavy atom. The molecule has 1 atom stereocenters. The van der Waals surface area contributed by atoms with Gasteiger partial charge >= 0.3 is 0 Å². The van der Waals surface area contributed by atoms with Gasteiger partial charge in [-0.3, -0.25) is 0 Å². The number of aromatic nitrogens is 3. The number of aliphatic hydroxyl groups is 1. The Morgan fingerprint density at radius 1 is 1.17 bits per heavy atom. The van der Waals surface area contributed by atoms with Gasteiger partial charge in [0.05, 0.1) is 5.60 Å². The lowest BCUT2D eigenvalue weighted by Gasteiger charge is -2.25. The van der Waals surface area contributed by atoms with Gasteiger partial charge in [0, 0.05) is 24.7 Å². The van der Waals surface area contributed by atoms with E-state index in [0.29, 0.717) is 18.9 Å². The molecule has 0 saturated carbocycles. The van der Waals surface area contributed by atoms with E-state index in [1.165, 1.54) is 26.6 Å². The van der Waals surface area contributed by atoms with Crippen LogP contribution < -0.4 is 5.32 Å². The van der Waals surface area contributed by atoms with Gasteiger partial charge < -0.3 is 10.4 Å². The Kier molecular flexibility index (Phi) is 4.68. The molecule has 2 aliphatic carbocycles. The molecule has 3 aliphatic rings. The third kappa shape index (κ3) is 3.33. The van der Waals surface area contributed by atoms with Crippen molar-refractivity contribution in [3.8, 4) is 0 Å². The molecule has 1 saturated heterocycles. The highest BCUT2D eigenvalue weighted by atomic mass is 32.2. The van der Waals surface area contributed by atoms with Crippen LogP contribution in [0.2, 0.25) is 0 Å². The van der Waals surface area contributed by atoms with Crippen molar-refractivity contribution in [1.82, 2.24) is 19.5 Å². The predicted octanol–water partition coefficient (Wildman–Crippen LogP) is 2.31. The number of hydrogen-bond donors (Lipinski definition) is 3. The molecule has 1 aliphatic heterocycles. The normalized spacial score (nSPS) is 21.8. The fourth-order valence-corrected chi connectivity index (χ4v) is 6.47. The molecule has 30 heavy (non-hydrogen) atoms. The van der Waals surface area contributed by atoms with Crippen LogP contribution in [0.1, 0.15) is 55.4 Å². The van der Waals surface area contributed by atoms with Crippen LogP contribution in [-0.2, 0) is 35.7 Å². The zero-order chi connectivity index (χ0) is 21.1. The maximum Gasteiger partial charge on any atom is 0.278 e. The van der Waals surface area contributed by atoms with E-state index in [4.69, 9.17) is 0 Å². The molecule has 2 aromatic rings. The summed E-state index contributed by atoms with van der Waals surface area (Å²) in [4.78, 5) is 4.29. The first-order valence-electron chi connectivity index (χ1n) is 10.8. The van der Waals surface area contributed by atoms with E-state index in [9.17, 15) is 13.5 Å². The predicted molar refractivity (Wildman–Crippen MR) is 113 cm³/mol. The summed E-state index contributed by atoms with van der Waals surface area (Å²) < 4.78 is 27.4. The number of H-pyrrole nitrogens is 1. The largest absolute Gasteiger partial charge is 0.390 e. The van der Waals surface area contributed by atoms with E-state index in [0.717, 1.165) is 44.2 Å². The number of nitrogens with one attached hydrogen (secondary N) is 2. The Bertz CT molecular complexity index is 1050. The number of fused-ring (bicyclic) bond motifs is 2. The van der Waals surface area contributed by atoms with E-state index in [-0.39, 0.29) is 17.6 Å². The summed E-state index contributed by atoms with van der Waals surface area (Å²) in [6.45, 7) is 4.11. The minimum absolute atomic E-state index is 0.0951. The number of aryl methyl sites for hydroxylation is 2. The number of nitrogens with zero attached hydrogens (tertiary/aromatic N) is 3. The molecule has 0 radical (unpaired) electrons. The van der Waals surface area contributed by atoms with Crippen molar-refractivity contribution in [1.29, 1.82) is 0 Å². The molecule has 1 aromatic carbocycles. The van der Waals surface area contributed by atoms with Crippen LogP contribution in [-0.4, -0.2) is 51.7 Å². The molecule has 2 heterocycles. The Balaban J connectivity index is 1.40. The standard InChI is InChI=1S/C21H29N5O3S/c1-21(2,27)15-9-10-26(12-15)30(28,29)20-23-19(24-25-20)22-18-16-7-3-5-13(16)11-14-6-4-8-17(14)18/h11,15,27H,3-10,12H2,1-2H3,(H2,22,23,24,25)/t15-/m1/s1. The van der Waals surface area contributed by atoms with Gasteiger partial charge in [-0.25, -0.2) is 13.5 Å². The topological polar surface area (TPSA) is 111 Å². The molecule has 162 valence electrons. The molecular formula is C21H29N5O3S. The second kappa shape index (κ2) is 7.03. The highest BCUT2D eigenvalue weighted by Gasteiger charge is 2.40. The fourth-order valence-electron chi connectivity index (χ4n) is 5.14. The van der Waals surface area contributed by atoms with E-state index in [2.05, 4.69) is 26.6 Å². The van der Waals surface area contributed by atoms with Crippen LogP contribution in [0.15, 0.2) is 11.2 Å². The molecule has 0 amide bonds. The van der Waals surface area contributed by atoms with Gasteiger partial charge in [-0.1, -0.05) is 6.07 Å². The van der Waals surface area contributed by atoms with E-state index >= 15 is 0 Å². The molecule has 0 spiro atoms. The lowest BCUT2D eigenvalue weighted by molar-refractivity contribution is 0.0236. The van der Waals surface area contributed by atoms with Gasteiger partial charge in [0.15, 0.2) is 0 Å². The molecule has 3 N–H and O–H groups in total. The molecule has 0 unspecified atom stereocenters. The van der Waals surface area contributed by atoms with Crippen molar-refractivity contribution in [2.24, 2.45) is 5.92 Å². The lowest BCUT2D eigenvalue weighted by atomic mass is 9.91. The van der Waals surface area contributed by atoms with Gasteiger partial charge in [-0.2, -0.15) is 9.29 Å². The summed E-state index contributed by atoms with van der Waals surface area (Å²) in [5, 5.41) is 20.2. The van der Waals surface area contributed by atoms with Crippen LogP contribution in [0.25, 0.3) is 0 Å². The van der Waals surface area contributed by atoms with Gasteiger partial charge in [0.2, 0.25) is 5.95 Å². The summed E-state index contributed by atoms with van der Waals surface area (Å²) in [5.41, 5.74) is 5.64. The second-order valence-corrected chi connectivity index (χ2v) is 11.2. The van der Waals surface area contributed by atoms with Crippen molar-refractivity contribution < 1.29 is 13.5 Å². The summed E-state index contributed by atoms with van der Waals surface area (Å²) in [7, 11) is -3.77. The monoisotopic (exact) mass is 431 g/mol. The minimum atomic E-state index is -3.77. The van der Waals surface area contributed by atoms with Gasteiger partial charge in [-0.15, -0.1) is 5.10 Å². The van der Waals surface area contributed by atoms with Crippen molar-refractivity contribution in [2.45, 2.75) is 69.6 Å². The minimum Gasteiger partial charge on any atom is -0.390 e. The van der Waals surface area contributed by atoms with Crippen LogP contribution in [0.4, 0.5) is 11.6 Å². The van der Waals surface area contributed by atoms with Crippen molar-refractivity contribution >= 4 is 21.7 Å². The van der Waals surface area contributed by atoms with E-state index in [1.807, 2.05) is 0 Å². The summed E-state index contributed by atoms with van der Waals surface area (Å²) in [5.74, 6) is 0.198. The second-order valence-electron chi connectivity index (χ2n) is 9.33. The van der Waals surface area contributed by atoms with Gasteiger partial charge in [-0.05, 0) is 81.0 Å². The number of rotatable bonds is 5. The third-order valence-corrected chi connectivity index (χ3v) is 8.59. The van der Waals surface area contributed by atoms with Crippen LogP contribution in [0.5, 0.6) is 0 Å². The quantitative estimate of drug-likeness (QED) is 0.670. The summed E-state index contributed by atoms with van der Waals surface area (Å²) in [6.07, 6.45) is 7.20. The van der Waals surface area contributed by atoms with Crippen molar-refractivity contribution in [3.63, 3.8) is 0 Å². The molecule has 1 aromatic heterocycles. The first-order chi connectivity index (χ1) is 14.2. The average Bonchev–Trinajstić information content (AvgIpc) is 3.45. The fraction of sp³-hybridized carbons (Fsp3) is 0.619. The first-order valence-corrected chi connectivity index (χ1v) is 12.3. The highest BCUT2D eigenvalue weighted by Crippen LogP contribution is 2.39. The Hall–Kier alpha value is -1.97. The number of aromatic amines is 1. The van der Waals surface area contributed by atoms with Crippen molar-refractivity contribution in [2.75, 3.05) is 18.4 Å². The van der Waals surface area contributed by atoms with Crippen LogP contribution in [0, 0.1) is 5.92 Å². The number of benzene rings is 1. The third-order valence-electron chi connectivity index (χ3n) is 6.91. The van der Waals surface area contributed by atoms with E-state index < -0.39 is 15.6 Å². The first kappa shape index (κ1) is 20.0. The highest BCUT2D eigenvalue weighted by molar-refractivity contribution is 7.89. The number of sulfonamides is 1. The molecule has 5 rings (SSSR count). The lowest BCUT2D eigenvalue weighted by Crippen LogP contribution is -2.35. The smallest absolute Gasteiger partial charge is 0.278 e. The molecule has 0 bridgehead atoms. The Labute approximate surface area is 177 Å². The number of hydrogen-bond acceptors (Lipinski definition) is 6. The average molecular weight is 432 g/mol. The van der Waals surface area contributed by atoms with Gasteiger partial charge in [0.1, 0.15) is 0 Å². The van der Waals surface area contributed by atoms with Gasteiger partial charge in [0.25, 0.3) is 15.2 Å². The zero-order valence-corrected chi connectivity index (χ0v) is 18.3. The summed E-state index contributed by atoms with van der Waals surface area (Å²) in [6, 6.07) is 2.36. The zero-order valence-electron chi connectivity index (χ0n) is 17.5. The van der Waals surface area contributed by atoms with Crippen LogP contribution in [0.3, 0.4) is 0 Å². The molecule has 1 fully saturated rings. The van der Waals surface area contributed by atoms with Crippen molar-refractivity contribution in [3.05, 3.63) is 28.3 Å². The Morgan fingerprint density at radius 2 is 1.83 bits per heavy atom. The van der Waals surface area contributed by atoms with Crippen LogP contribution >= 0.6 is 0 Å². The summed E-state index contributed by atoms with van der Waals surface area (Å²) >= 11 is 0. The number of anilines is 2. The SMILES string of the molecule is CC(C)(O)[C@@H]1CCN(S(=O)(=O)c2nc(Nc3c4c(cc5c3CCC5)CCC4)n[nH]2)C1.